The standard InChI is InChI=1S/C12H14N2O2/c1-4-5-11(15)13-8-10-7-6-9(2)14-12(10)16-3/h6-7H,8H2,1-3H3,(H,13,15). The van der Waals surface area contributed by atoms with Crippen LogP contribution in [-0.4, -0.2) is 18.0 Å². The van der Waals surface area contributed by atoms with E-state index in [1.165, 1.54) is 0 Å². The fourth-order valence-corrected chi connectivity index (χ4v) is 1.21. The molecule has 1 amide bonds. The lowest BCUT2D eigenvalue weighted by molar-refractivity contribution is -0.115. The van der Waals surface area contributed by atoms with E-state index in [9.17, 15) is 4.79 Å². The molecule has 0 saturated heterocycles. The largest absolute Gasteiger partial charge is 0.481 e. The maximum Gasteiger partial charge on any atom is 0.296 e. The maximum atomic E-state index is 11.1. The van der Waals surface area contributed by atoms with Gasteiger partial charge in [0.15, 0.2) is 0 Å². The van der Waals surface area contributed by atoms with Crippen LogP contribution in [0.15, 0.2) is 12.1 Å². The summed E-state index contributed by atoms with van der Waals surface area (Å²) in [6, 6.07) is 3.75. The first-order valence-electron chi connectivity index (χ1n) is 4.88. The molecule has 1 aromatic heterocycles. The van der Waals surface area contributed by atoms with Crippen molar-refractivity contribution in [3.05, 3.63) is 23.4 Å². The summed E-state index contributed by atoms with van der Waals surface area (Å²) >= 11 is 0. The maximum absolute atomic E-state index is 11.1. The van der Waals surface area contributed by atoms with Gasteiger partial charge >= 0.3 is 0 Å². The van der Waals surface area contributed by atoms with Crippen molar-refractivity contribution >= 4 is 5.91 Å². The topological polar surface area (TPSA) is 51.2 Å². The van der Waals surface area contributed by atoms with Crippen molar-refractivity contribution in [1.29, 1.82) is 0 Å². The molecule has 4 nitrogen and oxygen atoms in total. The van der Waals surface area contributed by atoms with Crippen LogP contribution in [0.25, 0.3) is 0 Å². The first kappa shape index (κ1) is 12.1. The van der Waals surface area contributed by atoms with Crippen molar-refractivity contribution < 1.29 is 9.53 Å². The van der Waals surface area contributed by atoms with Crippen LogP contribution >= 0.6 is 0 Å². The highest BCUT2D eigenvalue weighted by Gasteiger charge is 2.05. The third-order valence-electron chi connectivity index (χ3n) is 1.95. The number of nitrogens with one attached hydrogen (secondary N) is 1. The van der Waals surface area contributed by atoms with Crippen molar-refractivity contribution in [2.75, 3.05) is 7.11 Å². The molecule has 1 rings (SSSR count). The molecule has 0 aliphatic carbocycles. The molecule has 4 heteroatoms. The number of amides is 1. The molecule has 0 aromatic carbocycles. The smallest absolute Gasteiger partial charge is 0.296 e. The Labute approximate surface area is 95.0 Å². The summed E-state index contributed by atoms with van der Waals surface area (Å²) in [4.78, 5) is 15.3. The minimum absolute atomic E-state index is 0.301. The van der Waals surface area contributed by atoms with Crippen molar-refractivity contribution in [3.63, 3.8) is 0 Å². The molecule has 1 heterocycles. The van der Waals surface area contributed by atoms with Gasteiger partial charge in [0.1, 0.15) is 0 Å². The van der Waals surface area contributed by atoms with E-state index in [4.69, 9.17) is 4.74 Å². The van der Waals surface area contributed by atoms with Gasteiger partial charge in [-0.3, -0.25) is 4.79 Å². The second kappa shape index (κ2) is 5.76. The number of hydrogen-bond donors (Lipinski definition) is 1. The zero-order chi connectivity index (χ0) is 12.0. The molecular formula is C12H14N2O2. The average molecular weight is 218 g/mol. The average Bonchev–Trinajstić information content (AvgIpc) is 2.27. The zero-order valence-corrected chi connectivity index (χ0v) is 9.63. The molecule has 1 N–H and O–H groups in total. The minimum Gasteiger partial charge on any atom is -0.481 e. The number of aromatic nitrogens is 1. The van der Waals surface area contributed by atoms with Crippen molar-refractivity contribution in [1.82, 2.24) is 10.3 Å². The van der Waals surface area contributed by atoms with Gasteiger partial charge in [-0.05, 0) is 25.8 Å². The van der Waals surface area contributed by atoms with E-state index in [1.54, 1.807) is 14.0 Å². The highest BCUT2D eigenvalue weighted by Crippen LogP contribution is 2.14. The predicted octanol–water partition coefficient (Wildman–Crippen LogP) is 1.04. The predicted molar refractivity (Wildman–Crippen MR) is 60.8 cm³/mol. The van der Waals surface area contributed by atoms with Crippen LogP contribution in [-0.2, 0) is 11.3 Å². The number of nitrogens with zero attached hydrogens (tertiary/aromatic N) is 1. The molecule has 0 saturated carbocycles. The van der Waals surface area contributed by atoms with Crippen LogP contribution in [0.2, 0.25) is 0 Å². The van der Waals surface area contributed by atoms with Gasteiger partial charge in [-0.2, -0.15) is 0 Å². The van der Waals surface area contributed by atoms with Crippen LogP contribution in [0.1, 0.15) is 18.2 Å². The Morgan fingerprint density at radius 2 is 2.31 bits per heavy atom. The van der Waals surface area contributed by atoms with Gasteiger partial charge in [0.2, 0.25) is 5.88 Å². The molecule has 1 aromatic rings. The van der Waals surface area contributed by atoms with E-state index in [-0.39, 0.29) is 5.91 Å². The van der Waals surface area contributed by atoms with Gasteiger partial charge in [0.05, 0.1) is 7.11 Å². The molecule has 0 unspecified atom stereocenters. The molecule has 16 heavy (non-hydrogen) atoms. The Balaban J connectivity index is 2.72. The van der Waals surface area contributed by atoms with Crippen LogP contribution in [0.5, 0.6) is 5.88 Å². The molecule has 0 aliphatic heterocycles. The van der Waals surface area contributed by atoms with Crippen LogP contribution < -0.4 is 10.1 Å². The normalized spacial score (nSPS) is 8.94. The lowest BCUT2D eigenvalue weighted by Crippen LogP contribution is -2.21. The SMILES string of the molecule is CC#CC(=O)NCc1ccc(C)nc1OC. The summed E-state index contributed by atoms with van der Waals surface area (Å²) in [6.45, 7) is 3.87. The second-order valence-electron chi connectivity index (χ2n) is 3.18. The summed E-state index contributed by atoms with van der Waals surface area (Å²) in [5.74, 6) is 5.17. The third kappa shape index (κ3) is 3.28. The molecule has 0 fully saturated rings. The molecule has 0 radical (unpaired) electrons. The fraction of sp³-hybridized carbons (Fsp3) is 0.333. The lowest BCUT2D eigenvalue weighted by atomic mass is 10.2. The highest BCUT2D eigenvalue weighted by molar-refractivity contribution is 5.93. The molecule has 84 valence electrons. The Morgan fingerprint density at radius 3 is 2.94 bits per heavy atom. The minimum atomic E-state index is -0.301. The van der Waals surface area contributed by atoms with Gasteiger partial charge in [-0.1, -0.05) is 12.0 Å². The molecule has 0 spiro atoms. The Kier molecular flexibility index (Phi) is 4.34. The second-order valence-corrected chi connectivity index (χ2v) is 3.18. The summed E-state index contributed by atoms with van der Waals surface area (Å²) in [7, 11) is 1.55. The van der Waals surface area contributed by atoms with E-state index in [0.29, 0.717) is 12.4 Å². The monoisotopic (exact) mass is 218 g/mol. The number of carbonyl (C=O) groups excluding carboxylic acids is 1. The number of hydrogen-bond acceptors (Lipinski definition) is 3. The number of aryl methyl sites for hydroxylation is 1. The van der Waals surface area contributed by atoms with E-state index >= 15 is 0 Å². The van der Waals surface area contributed by atoms with Crippen LogP contribution in [0.3, 0.4) is 0 Å². The van der Waals surface area contributed by atoms with E-state index in [1.807, 2.05) is 19.1 Å². The number of rotatable bonds is 3. The lowest BCUT2D eigenvalue weighted by Gasteiger charge is -2.07. The summed E-state index contributed by atoms with van der Waals surface area (Å²) < 4.78 is 5.12. The Hall–Kier alpha value is -2.02. The Bertz CT molecular complexity index is 444. The molecule has 0 atom stereocenters. The van der Waals surface area contributed by atoms with Gasteiger partial charge < -0.3 is 10.1 Å². The van der Waals surface area contributed by atoms with Crippen molar-refractivity contribution in [2.24, 2.45) is 0 Å². The quantitative estimate of drug-likeness (QED) is 0.771. The van der Waals surface area contributed by atoms with Crippen molar-refractivity contribution in [3.8, 4) is 17.7 Å². The number of pyridine rings is 1. The third-order valence-corrected chi connectivity index (χ3v) is 1.95. The first-order chi connectivity index (χ1) is 7.67. The molecule has 0 aliphatic rings. The number of methoxy groups -OCH3 is 1. The van der Waals surface area contributed by atoms with Gasteiger partial charge in [-0.15, -0.1) is 0 Å². The first-order valence-corrected chi connectivity index (χ1v) is 4.88. The van der Waals surface area contributed by atoms with Gasteiger partial charge in [0, 0.05) is 17.8 Å². The van der Waals surface area contributed by atoms with E-state index in [0.717, 1.165) is 11.3 Å². The summed E-state index contributed by atoms with van der Waals surface area (Å²) in [5, 5.41) is 2.66. The summed E-state index contributed by atoms with van der Waals surface area (Å²) in [5.41, 5.74) is 1.71. The van der Waals surface area contributed by atoms with Crippen LogP contribution in [0, 0.1) is 18.8 Å². The van der Waals surface area contributed by atoms with E-state index in [2.05, 4.69) is 22.1 Å². The highest BCUT2D eigenvalue weighted by atomic mass is 16.5. The number of ether oxygens (including phenoxy) is 1. The number of carbonyl (C=O) groups is 1. The zero-order valence-electron chi connectivity index (χ0n) is 9.63. The van der Waals surface area contributed by atoms with E-state index < -0.39 is 0 Å². The Morgan fingerprint density at radius 1 is 1.56 bits per heavy atom. The fourth-order valence-electron chi connectivity index (χ4n) is 1.21. The molecule has 0 bridgehead atoms. The van der Waals surface area contributed by atoms with Crippen molar-refractivity contribution in [2.45, 2.75) is 20.4 Å². The van der Waals surface area contributed by atoms with Gasteiger partial charge in [-0.25, -0.2) is 4.98 Å². The van der Waals surface area contributed by atoms with Gasteiger partial charge in [0.25, 0.3) is 5.91 Å². The van der Waals surface area contributed by atoms with Crippen LogP contribution in [0.4, 0.5) is 0 Å². The molecular weight excluding hydrogens is 204 g/mol. The summed E-state index contributed by atoms with van der Waals surface area (Å²) in [6.07, 6.45) is 0.